The van der Waals surface area contributed by atoms with Crippen molar-refractivity contribution in [3.63, 3.8) is 0 Å². The van der Waals surface area contributed by atoms with E-state index in [9.17, 15) is 9.18 Å². The van der Waals surface area contributed by atoms with Crippen LogP contribution in [0.25, 0.3) is 10.9 Å². The van der Waals surface area contributed by atoms with E-state index in [2.05, 4.69) is 10.3 Å². The molecule has 0 aliphatic rings. The molecule has 0 aliphatic carbocycles. The van der Waals surface area contributed by atoms with Crippen molar-refractivity contribution in [3.05, 3.63) is 58.6 Å². The van der Waals surface area contributed by atoms with E-state index in [-0.39, 0.29) is 17.3 Å². The number of aromatic nitrogens is 3. The molecule has 0 atom stereocenters. The average Bonchev–Trinajstić information content (AvgIpc) is 2.50. The zero-order valence-electron chi connectivity index (χ0n) is 10.9. The summed E-state index contributed by atoms with van der Waals surface area (Å²) in [7, 11) is 0. The summed E-state index contributed by atoms with van der Waals surface area (Å²) in [6.07, 6.45) is 0. The van der Waals surface area contributed by atoms with Crippen molar-refractivity contribution < 1.29 is 4.39 Å². The summed E-state index contributed by atoms with van der Waals surface area (Å²) in [6, 6.07) is 11.1. The largest absolute Gasteiger partial charge is 0.398 e. The van der Waals surface area contributed by atoms with Gasteiger partial charge in [0.1, 0.15) is 11.3 Å². The van der Waals surface area contributed by atoms with Gasteiger partial charge in [-0.1, -0.05) is 29.1 Å². The van der Waals surface area contributed by atoms with Crippen LogP contribution in [0.4, 0.5) is 10.1 Å². The number of rotatable bonds is 3. The molecule has 0 radical (unpaired) electrons. The molecule has 0 unspecified atom stereocenters. The van der Waals surface area contributed by atoms with E-state index in [1.54, 1.807) is 24.3 Å². The summed E-state index contributed by atoms with van der Waals surface area (Å²) in [5.74, 6) is -0.159. The number of nitrogens with zero attached hydrogens (tertiary/aromatic N) is 3. The summed E-state index contributed by atoms with van der Waals surface area (Å²) >= 11 is 1.23. The number of benzene rings is 2. The van der Waals surface area contributed by atoms with E-state index < -0.39 is 0 Å². The lowest BCUT2D eigenvalue weighted by Crippen LogP contribution is -2.23. The van der Waals surface area contributed by atoms with E-state index in [1.807, 2.05) is 0 Å². The minimum absolute atomic E-state index is 0.213. The van der Waals surface area contributed by atoms with E-state index in [0.717, 1.165) is 0 Å². The van der Waals surface area contributed by atoms with Crippen molar-refractivity contribution in [2.24, 2.45) is 0 Å². The van der Waals surface area contributed by atoms with Gasteiger partial charge in [0.25, 0.3) is 5.56 Å². The second-order valence-corrected chi connectivity index (χ2v) is 5.35. The van der Waals surface area contributed by atoms with Gasteiger partial charge in [0.05, 0.1) is 11.3 Å². The third-order valence-corrected chi connectivity index (χ3v) is 3.99. The van der Waals surface area contributed by atoms with E-state index in [1.165, 1.54) is 34.6 Å². The maximum Gasteiger partial charge on any atom is 0.278 e. The van der Waals surface area contributed by atoms with Crippen molar-refractivity contribution in [1.29, 1.82) is 0 Å². The monoisotopic (exact) mass is 302 g/mol. The van der Waals surface area contributed by atoms with Gasteiger partial charge in [0, 0.05) is 10.6 Å². The minimum Gasteiger partial charge on any atom is -0.398 e. The molecule has 0 saturated heterocycles. The van der Waals surface area contributed by atoms with Crippen LogP contribution < -0.4 is 11.3 Å². The second kappa shape index (κ2) is 5.53. The Bertz CT molecular complexity index is 865. The van der Waals surface area contributed by atoms with Crippen molar-refractivity contribution >= 4 is 28.4 Å². The first kappa shape index (κ1) is 13.6. The minimum atomic E-state index is -0.372. The molecule has 2 N–H and O–H groups in total. The lowest BCUT2D eigenvalue weighted by atomic mass is 10.2. The molecule has 1 aromatic heterocycles. The van der Waals surface area contributed by atoms with Crippen molar-refractivity contribution in [3.8, 4) is 0 Å². The van der Waals surface area contributed by atoms with Crippen LogP contribution in [0.2, 0.25) is 0 Å². The molecule has 1 heterocycles. The number of halogens is 1. The van der Waals surface area contributed by atoms with Gasteiger partial charge in [-0.15, -0.1) is 5.10 Å². The van der Waals surface area contributed by atoms with Gasteiger partial charge in [0.15, 0.2) is 0 Å². The molecular weight excluding hydrogens is 291 g/mol. The maximum absolute atomic E-state index is 13.2. The first-order valence-corrected chi connectivity index (χ1v) is 7.14. The fourth-order valence-electron chi connectivity index (χ4n) is 1.87. The fraction of sp³-hybridized carbons (Fsp3) is 0.0714. The Kier molecular flexibility index (Phi) is 3.57. The molecule has 2 aromatic carbocycles. The van der Waals surface area contributed by atoms with Crippen LogP contribution in [-0.4, -0.2) is 15.0 Å². The Morgan fingerprint density at radius 1 is 1.24 bits per heavy atom. The third-order valence-electron chi connectivity index (χ3n) is 2.95. The lowest BCUT2D eigenvalue weighted by molar-refractivity contribution is 0.624. The van der Waals surface area contributed by atoms with E-state index in [4.69, 9.17) is 5.73 Å². The number of fused-ring (bicyclic) bond motifs is 1. The predicted molar refractivity (Wildman–Crippen MR) is 80.5 cm³/mol. The highest BCUT2D eigenvalue weighted by atomic mass is 32.2. The predicted octanol–water partition coefficient (Wildman–Crippen LogP) is 2.26. The summed E-state index contributed by atoms with van der Waals surface area (Å²) in [6.45, 7) is 0. The quantitative estimate of drug-likeness (QED) is 0.593. The molecule has 0 bridgehead atoms. The molecule has 21 heavy (non-hydrogen) atoms. The highest BCUT2D eigenvalue weighted by Crippen LogP contribution is 2.26. The molecule has 0 aliphatic heterocycles. The van der Waals surface area contributed by atoms with Crippen LogP contribution in [0.15, 0.2) is 52.2 Å². The van der Waals surface area contributed by atoms with Crippen LogP contribution in [0.3, 0.4) is 0 Å². The van der Waals surface area contributed by atoms with Crippen LogP contribution >= 0.6 is 11.8 Å². The molecule has 0 fully saturated rings. The van der Waals surface area contributed by atoms with Gasteiger partial charge in [-0.3, -0.25) is 4.79 Å². The smallest absolute Gasteiger partial charge is 0.278 e. The number of hydrogen-bond donors (Lipinski definition) is 1. The Labute approximate surface area is 123 Å². The van der Waals surface area contributed by atoms with Gasteiger partial charge in [0.2, 0.25) is 0 Å². The van der Waals surface area contributed by atoms with Gasteiger partial charge < -0.3 is 5.73 Å². The molecule has 106 valence electrons. The molecule has 0 amide bonds. The van der Waals surface area contributed by atoms with Gasteiger partial charge in [-0.2, -0.15) is 0 Å². The Balaban J connectivity index is 1.90. The lowest BCUT2D eigenvalue weighted by Gasteiger charge is -2.07. The molecule has 0 saturated carbocycles. The van der Waals surface area contributed by atoms with Crippen LogP contribution in [0.5, 0.6) is 0 Å². The number of anilines is 1. The Hall–Kier alpha value is -2.41. The first-order chi connectivity index (χ1) is 10.1. The summed E-state index contributed by atoms with van der Waals surface area (Å²) in [5.41, 5.74) is 6.55. The number of nitrogen functional groups attached to an aromatic ring is 1. The molecule has 5 nitrogen and oxygen atoms in total. The highest BCUT2D eigenvalue weighted by molar-refractivity contribution is 7.98. The summed E-state index contributed by atoms with van der Waals surface area (Å²) in [5, 5.41) is 8.36. The topological polar surface area (TPSA) is 73.8 Å². The fourth-order valence-corrected chi connectivity index (χ4v) is 2.73. The average molecular weight is 302 g/mol. The standard InChI is InChI=1S/C14H11FN4OS/c15-9-5-6-11(16)13(7-9)21-8-19-14(20)10-3-1-2-4-12(10)17-18-19/h1-7H,8,16H2. The number of nitrogens with two attached hydrogens (primary N) is 1. The summed E-state index contributed by atoms with van der Waals surface area (Å²) < 4.78 is 14.4. The zero-order valence-corrected chi connectivity index (χ0v) is 11.7. The number of hydrogen-bond acceptors (Lipinski definition) is 5. The highest BCUT2D eigenvalue weighted by Gasteiger charge is 2.07. The Morgan fingerprint density at radius 2 is 2.05 bits per heavy atom. The van der Waals surface area contributed by atoms with Gasteiger partial charge >= 0.3 is 0 Å². The molecule has 3 rings (SSSR count). The van der Waals surface area contributed by atoms with Crippen LogP contribution in [0, 0.1) is 5.82 Å². The normalized spacial score (nSPS) is 10.9. The Morgan fingerprint density at radius 3 is 2.90 bits per heavy atom. The summed E-state index contributed by atoms with van der Waals surface area (Å²) in [4.78, 5) is 12.8. The molecule has 7 heteroatoms. The number of thioether (sulfide) groups is 1. The van der Waals surface area contributed by atoms with E-state index in [0.29, 0.717) is 21.5 Å². The first-order valence-electron chi connectivity index (χ1n) is 6.15. The third kappa shape index (κ3) is 2.73. The maximum atomic E-state index is 13.2. The SMILES string of the molecule is Nc1ccc(F)cc1SCn1nnc2ccccc2c1=O. The van der Waals surface area contributed by atoms with Crippen LogP contribution in [0.1, 0.15) is 0 Å². The van der Waals surface area contributed by atoms with E-state index >= 15 is 0 Å². The zero-order chi connectivity index (χ0) is 14.8. The van der Waals surface area contributed by atoms with Gasteiger partial charge in [-0.05, 0) is 30.3 Å². The second-order valence-electron chi connectivity index (χ2n) is 4.37. The van der Waals surface area contributed by atoms with Crippen molar-refractivity contribution in [2.75, 3.05) is 5.73 Å². The van der Waals surface area contributed by atoms with Crippen molar-refractivity contribution in [2.45, 2.75) is 10.8 Å². The molecule has 0 spiro atoms. The molecule has 3 aromatic rings. The van der Waals surface area contributed by atoms with Crippen LogP contribution in [-0.2, 0) is 5.88 Å². The van der Waals surface area contributed by atoms with Gasteiger partial charge in [-0.25, -0.2) is 9.07 Å². The molecular formula is C14H11FN4OS. The van der Waals surface area contributed by atoms with Crippen molar-refractivity contribution in [1.82, 2.24) is 15.0 Å².